The zero-order valence-corrected chi connectivity index (χ0v) is 11.6. The summed E-state index contributed by atoms with van der Waals surface area (Å²) >= 11 is 0. The van der Waals surface area contributed by atoms with Crippen molar-refractivity contribution in [3.05, 3.63) is 23.7 Å². The van der Waals surface area contributed by atoms with E-state index in [1.54, 1.807) is 13.0 Å². The molecule has 1 aromatic heterocycles. The number of carbonyl (C=O) groups is 2. The van der Waals surface area contributed by atoms with E-state index in [1.807, 2.05) is 11.8 Å². The summed E-state index contributed by atoms with van der Waals surface area (Å²) < 4.78 is 5.21. The van der Waals surface area contributed by atoms with Crippen LogP contribution < -0.4 is 0 Å². The van der Waals surface area contributed by atoms with Gasteiger partial charge in [0.1, 0.15) is 17.8 Å². The van der Waals surface area contributed by atoms with Gasteiger partial charge in [-0.15, -0.1) is 0 Å². The number of hydrogen-bond donors (Lipinski definition) is 0. The molecule has 1 aromatic rings. The number of aryl methyl sites for hydroxylation is 1. The molecule has 1 aliphatic rings. The Labute approximate surface area is 113 Å². The molecule has 0 saturated carbocycles. The van der Waals surface area contributed by atoms with Gasteiger partial charge in [0.05, 0.1) is 5.56 Å². The van der Waals surface area contributed by atoms with Gasteiger partial charge < -0.3 is 9.32 Å². The van der Waals surface area contributed by atoms with Crippen LogP contribution in [0.25, 0.3) is 0 Å². The molecule has 0 aliphatic carbocycles. The van der Waals surface area contributed by atoms with E-state index in [9.17, 15) is 9.59 Å². The van der Waals surface area contributed by atoms with E-state index in [-0.39, 0.29) is 17.7 Å². The molecule has 2 rings (SSSR count). The van der Waals surface area contributed by atoms with Crippen molar-refractivity contribution in [1.29, 1.82) is 0 Å². The van der Waals surface area contributed by atoms with Gasteiger partial charge in [-0.1, -0.05) is 12.8 Å². The number of likely N-dealkylation sites (tertiary alicyclic amines) is 1. The Hall–Kier alpha value is -1.58. The van der Waals surface area contributed by atoms with Crippen LogP contribution in [-0.2, 0) is 4.79 Å². The normalized spacial score (nSPS) is 20.1. The van der Waals surface area contributed by atoms with E-state index < -0.39 is 0 Å². The number of ketones is 1. The smallest absolute Gasteiger partial charge is 0.257 e. The molecule has 1 atom stereocenters. The molecule has 0 aromatic carbocycles. The number of hydrogen-bond acceptors (Lipinski definition) is 3. The fourth-order valence-electron chi connectivity index (χ4n) is 2.71. The van der Waals surface area contributed by atoms with Gasteiger partial charge in [0.15, 0.2) is 0 Å². The second-order valence-corrected chi connectivity index (χ2v) is 5.35. The summed E-state index contributed by atoms with van der Waals surface area (Å²) in [6.07, 6.45) is 6.11. The lowest BCUT2D eigenvalue weighted by atomic mass is 10.0. The summed E-state index contributed by atoms with van der Waals surface area (Å²) in [5.74, 6) is 0.874. The quantitative estimate of drug-likeness (QED) is 0.842. The molecule has 1 unspecified atom stereocenters. The van der Waals surface area contributed by atoms with Crippen LogP contribution in [0.5, 0.6) is 0 Å². The maximum absolute atomic E-state index is 12.5. The highest BCUT2D eigenvalue weighted by Crippen LogP contribution is 2.22. The molecule has 4 nitrogen and oxygen atoms in total. The molecule has 19 heavy (non-hydrogen) atoms. The van der Waals surface area contributed by atoms with Gasteiger partial charge in [0.2, 0.25) is 0 Å². The molecule has 4 heteroatoms. The highest BCUT2D eigenvalue weighted by Gasteiger charge is 2.27. The molecule has 1 aliphatic heterocycles. The first-order valence-corrected chi connectivity index (χ1v) is 6.93. The van der Waals surface area contributed by atoms with E-state index in [4.69, 9.17) is 4.42 Å². The van der Waals surface area contributed by atoms with E-state index >= 15 is 0 Å². The summed E-state index contributed by atoms with van der Waals surface area (Å²) in [7, 11) is 0. The SMILES string of the molecule is CC(=O)CC1CCCCCN1C(=O)c1coc(C)c1. The summed E-state index contributed by atoms with van der Waals surface area (Å²) in [6.45, 7) is 4.16. The van der Waals surface area contributed by atoms with E-state index in [0.29, 0.717) is 12.0 Å². The van der Waals surface area contributed by atoms with Crippen LogP contribution in [0.2, 0.25) is 0 Å². The lowest BCUT2D eigenvalue weighted by molar-refractivity contribution is -0.118. The van der Waals surface area contributed by atoms with Gasteiger partial charge in [-0.2, -0.15) is 0 Å². The Balaban J connectivity index is 2.17. The van der Waals surface area contributed by atoms with Crippen LogP contribution in [0.3, 0.4) is 0 Å². The van der Waals surface area contributed by atoms with Crippen molar-refractivity contribution in [1.82, 2.24) is 4.90 Å². The van der Waals surface area contributed by atoms with Crippen molar-refractivity contribution in [2.45, 2.75) is 52.0 Å². The molecule has 1 fully saturated rings. The van der Waals surface area contributed by atoms with Crippen LogP contribution in [-0.4, -0.2) is 29.2 Å². The third kappa shape index (κ3) is 3.46. The Bertz CT molecular complexity index is 464. The molecule has 1 saturated heterocycles. The number of Topliss-reactive ketones (excluding diaryl/α,β-unsaturated/α-hetero) is 1. The molecular weight excluding hydrogens is 242 g/mol. The zero-order chi connectivity index (χ0) is 13.8. The molecule has 104 valence electrons. The number of rotatable bonds is 3. The summed E-state index contributed by atoms with van der Waals surface area (Å²) in [6, 6.07) is 1.81. The average Bonchev–Trinajstić information content (AvgIpc) is 2.65. The van der Waals surface area contributed by atoms with Crippen molar-refractivity contribution in [3.8, 4) is 0 Å². The van der Waals surface area contributed by atoms with Crippen molar-refractivity contribution in [2.75, 3.05) is 6.54 Å². The summed E-state index contributed by atoms with van der Waals surface area (Å²) in [5, 5.41) is 0. The fourth-order valence-corrected chi connectivity index (χ4v) is 2.71. The number of amides is 1. The summed E-state index contributed by atoms with van der Waals surface area (Å²) in [5.41, 5.74) is 0.591. The lowest BCUT2D eigenvalue weighted by Crippen LogP contribution is -2.40. The van der Waals surface area contributed by atoms with Gasteiger partial charge in [-0.05, 0) is 32.8 Å². The first-order chi connectivity index (χ1) is 9.08. The molecule has 0 spiro atoms. The number of furan rings is 1. The van der Waals surface area contributed by atoms with E-state index in [0.717, 1.165) is 38.0 Å². The van der Waals surface area contributed by atoms with Gasteiger partial charge in [0.25, 0.3) is 5.91 Å². The fraction of sp³-hybridized carbons (Fsp3) is 0.600. The Morgan fingerprint density at radius 2 is 2.16 bits per heavy atom. The minimum atomic E-state index is -0.00926. The highest BCUT2D eigenvalue weighted by atomic mass is 16.3. The second-order valence-electron chi connectivity index (χ2n) is 5.35. The molecular formula is C15H21NO3. The minimum Gasteiger partial charge on any atom is -0.469 e. The Morgan fingerprint density at radius 1 is 1.37 bits per heavy atom. The third-order valence-electron chi connectivity index (χ3n) is 3.64. The first kappa shape index (κ1) is 13.8. The number of carbonyl (C=O) groups excluding carboxylic acids is 2. The van der Waals surface area contributed by atoms with E-state index in [2.05, 4.69) is 0 Å². The van der Waals surface area contributed by atoms with E-state index in [1.165, 1.54) is 6.26 Å². The van der Waals surface area contributed by atoms with Crippen molar-refractivity contribution >= 4 is 11.7 Å². The largest absolute Gasteiger partial charge is 0.469 e. The van der Waals surface area contributed by atoms with Crippen molar-refractivity contribution < 1.29 is 14.0 Å². The maximum Gasteiger partial charge on any atom is 0.257 e. The maximum atomic E-state index is 12.5. The molecule has 0 N–H and O–H groups in total. The van der Waals surface area contributed by atoms with Crippen LogP contribution in [0.15, 0.2) is 16.7 Å². The van der Waals surface area contributed by atoms with Crippen molar-refractivity contribution in [2.24, 2.45) is 0 Å². The van der Waals surface area contributed by atoms with Crippen LogP contribution in [0, 0.1) is 6.92 Å². The predicted molar refractivity (Wildman–Crippen MR) is 72.0 cm³/mol. The van der Waals surface area contributed by atoms with Gasteiger partial charge >= 0.3 is 0 Å². The lowest BCUT2D eigenvalue weighted by Gasteiger charge is -2.29. The predicted octanol–water partition coefficient (Wildman–Crippen LogP) is 2.95. The average molecular weight is 263 g/mol. The van der Waals surface area contributed by atoms with Crippen LogP contribution in [0.1, 0.15) is 55.1 Å². The van der Waals surface area contributed by atoms with Crippen LogP contribution >= 0.6 is 0 Å². The van der Waals surface area contributed by atoms with Crippen LogP contribution in [0.4, 0.5) is 0 Å². The first-order valence-electron chi connectivity index (χ1n) is 6.93. The monoisotopic (exact) mass is 263 g/mol. The summed E-state index contributed by atoms with van der Waals surface area (Å²) in [4.78, 5) is 25.7. The highest BCUT2D eigenvalue weighted by molar-refractivity contribution is 5.94. The molecule has 1 amide bonds. The molecule has 2 heterocycles. The van der Waals surface area contributed by atoms with Gasteiger partial charge in [-0.3, -0.25) is 9.59 Å². The third-order valence-corrected chi connectivity index (χ3v) is 3.64. The van der Waals surface area contributed by atoms with Gasteiger partial charge in [-0.25, -0.2) is 0 Å². The number of nitrogens with zero attached hydrogens (tertiary/aromatic N) is 1. The van der Waals surface area contributed by atoms with Gasteiger partial charge in [0, 0.05) is 19.0 Å². The molecule has 0 bridgehead atoms. The Morgan fingerprint density at radius 3 is 2.79 bits per heavy atom. The second kappa shape index (κ2) is 6.04. The van der Waals surface area contributed by atoms with Crippen molar-refractivity contribution in [3.63, 3.8) is 0 Å². The topological polar surface area (TPSA) is 50.5 Å². The standard InChI is InChI=1S/C15H21NO3/c1-11(17)8-14-6-4-3-5-7-16(14)15(18)13-9-12(2)19-10-13/h9-10,14H,3-8H2,1-2H3. The zero-order valence-electron chi connectivity index (χ0n) is 11.6. The molecule has 0 radical (unpaired) electrons. The Kier molecular flexibility index (Phi) is 4.40. The minimum absolute atomic E-state index is 0.00926.